The number of halogens is 1. The first kappa shape index (κ1) is 26.3. The topological polar surface area (TPSA) is 60.9 Å². The van der Waals surface area contributed by atoms with Crippen molar-refractivity contribution < 1.29 is 23.4 Å². The van der Waals surface area contributed by atoms with E-state index in [2.05, 4.69) is 6.07 Å². The highest BCUT2D eigenvalue weighted by Crippen LogP contribution is 2.34. The van der Waals surface area contributed by atoms with Gasteiger partial charge in [0.1, 0.15) is 30.5 Å². The van der Waals surface area contributed by atoms with E-state index in [1.807, 2.05) is 54.3 Å². The Labute approximate surface area is 233 Å². The van der Waals surface area contributed by atoms with Crippen LogP contribution in [0.15, 0.2) is 66.7 Å². The first-order valence-corrected chi connectivity index (χ1v) is 13.9. The molecule has 0 spiro atoms. The molecule has 6 rings (SSSR count). The molecular formula is C33H33FN2O4. The van der Waals surface area contributed by atoms with Crippen LogP contribution in [0.5, 0.6) is 11.5 Å². The van der Waals surface area contributed by atoms with Crippen molar-refractivity contribution in [1.82, 2.24) is 9.88 Å². The van der Waals surface area contributed by atoms with Crippen molar-refractivity contribution in [1.29, 1.82) is 0 Å². The third-order valence-electron chi connectivity index (χ3n) is 7.93. The van der Waals surface area contributed by atoms with E-state index >= 15 is 0 Å². The molecule has 0 bridgehead atoms. The van der Waals surface area contributed by atoms with Gasteiger partial charge in [0, 0.05) is 48.7 Å². The predicted octanol–water partition coefficient (Wildman–Crippen LogP) is 6.15. The number of aromatic nitrogens is 1. The van der Waals surface area contributed by atoms with Crippen LogP contribution in [0, 0.1) is 18.7 Å². The molecule has 4 aromatic rings. The first-order valence-electron chi connectivity index (χ1n) is 13.9. The minimum Gasteiger partial charge on any atom is -0.488 e. The van der Waals surface area contributed by atoms with E-state index in [0.29, 0.717) is 43.0 Å². The Morgan fingerprint density at radius 1 is 1.02 bits per heavy atom. The molecule has 3 aromatic carbocycles. The van der Waals surface area contributed by atoms with Crippen molar-refractivity contribution in [2.45, 2.75) is 45.9 Å². The lowest BCUT2D eigenvalue weighted by Crippen LogP contribution is -2.41. The number of amides is 1. The van der Waals surface area contributed by atoms with Gasteiger partial charge in [0.25, 0.3) is 0 Å². The molecule has 3 heterocycles. The fourth-order valence-electron chi connectivity index (χ4n) is 5.63. The van der Waals surface area contributed by atoms with Crippen LogP contribution in [-0.4, -0.2) is 35.5 Å². The molecule has 0 atom stereocenters. The zero-order chi connectivity index (χ0) is 27.5. The quantitative estimate of drug-likeness (QED) is 0.281. The van der Waals surface area contributed by atoms with Gasteiger partial charge in [-0.3, -0.25) is 4.79 Å². The number of hydrogen-bond donors (Lipinski definition) is 0. The number of hydrogen-bond acceptors (Lipinski definition) is 5. The summed E-state index contributed by atoms with van der Waals surface area (Å²) in [6.45, 7) is 5.08. The van der Waals surface area contributed by atoms with Gasteiger partial charge in [-0.05, 0) is 61.6 Å². The van der Waals surface area contributed by atoms with Gasteiger partial charge in [-0.1, -0.05) is 42.5 Å². The second-order valence-electron chi connectivity index (χ2n) is 10.5. The van der Waals surface area contributed by atoms with E-state index in [1.165, 1.54) is 17.7 Å². The molecule has 1 amide bonds. The van der Waals surface area contributed by atoms with Crippen LogP contribution >= 0.6 is 0 Å². The zero-order valence-electron chi connectivity index (χ0n) is 22.7. The maximum atomic E-state index is 14.2. The van der Waals surface area contributed by atoms with Gasteiger partial charge in [0.15, 0.2) is 0 Å². The molecular weight excluding hydrogens is 507 g/mol. The van der Waals surface area contributed by atoms with E-state index in [0.717, 1.165) is 53.9 Å². The maximum Gasteiger partial charge on any atom is 0.226 e. The van der Waals surface area contributed by atoms with Crippen LogP contribution in [0.2, 0.25) is 0 Å². The summed E-state index contributed by atoms with van der Waals surface area (Å²) >= 11 is 0. The van der Waals surface area contributed by atoms with Crippen molar-refractivity contribution >= 4 is 16.8 Å². The number of fused-ring (bicyclic) bond motifs is 2. The first-order chi connectivity index (χ1) is 19.6. The average molecular weight is 541 g/mol. The predicted molar refractivity (Wildman–Crippen MR) is 151 cm³/mol. The van der Waals surface area contributed by atoms with Gasteiger partial charge in [0.05, 0.1) is 11.2 Å². The minimum atomic E-state index is -0.335. The number of carbonyl (C=O) groups is 1. The number of nitrogens with zero attached hydrogens (tertiary/aromatic N) is 2. The normalized spacial score (nSPS) is 15.6. The second kappa shape index (κ2) is 11.6. The minimum absolute atomic E-state index is 0.0342. The lowest BCUT2D eigenvalue weighted by atomic mass is 9.94. The van der Waals surface area contributed by atoms with Crippen LogP contribution in [0.25, 0.3) is 10.9 Å². The molecule has 7 heteroatoms. The lowest BCUT2D eigenvalue weighted by Gasteiger charge is -2.33. The summed E-state index contributed by atoms with van der Waals surface area (Å²) in [5.41, 5.74) is 5.48. The SMILES string of the molecule is Cc1c(COc2cccc3c2CN(C(=O)C2CCOCC2)CC3)nc2ccc(F)cc2c1OCc1ccccc1. The third-order valence-corrected chi connectivity index (χ3v) is 7.93. The molecule has 2 aliphatic rings. The monoisotopic (exact) mass is 540 g/mol. The number of rotatable bonds is 7. The van der Waals surface area contributed by atoms with Crippen molar-refractivity contribution in [3.05, 3.63) is 100 Å². The van der Waals surface area contributed by atoms with E-state index in [-0.39, 0.29) is 24.2 Å². The molecule has 1 saturated heterocycles. The van der Waals surface area contributed by atoms with Crippen molar-refractivity contribution in [2.75, 3.05) is 19.8 Å². The smallest absolute Gasteiger partial charge is 0.226 e. The summed E-state index contributed by atoms with van der Waals surface area (Å²) in [4.78, 5) is 20.0. The molecule has 0 N–H and O–H groups in total. The fraction of sp³-hybridized carbons (Fsp3) is 0.333. The second-order valence-corrected chi connectivity index (χ2v) is 10.5. The summed E-state index contributed by atoms with van der Waals surface area (Å²) in [5.74, 6) is 1.28. The summed E-state index contributed by atoms with van der Waals surface area (Å²) in [7, 11) is 0. The van der Waals surface area contributed by atoms with Crippen molar-refractivity contribution in [2.24, 2.45) is 5.92 Å². The number of ether oxygens (including phenoxy) is 3. The molecule has 2 aliphatic heterocycles. The largest absolute Gasteiger partial charge is 0.488 e. The summed E-state index contributed by atoms with van der Waals surface area (Å²) in [5, 5.41) is 0.636. The summed E-state index contributed by atoms with van der Waals surface area (Å²) in [6.07, 6.45) is 2.37. The maximum absolute atomic E-state index is 14.2. The van der Waals surface area contributed by atoms with Gasteiger partial charge < -0.3 is 19.1 Å². The van der Waals surface area contributed by atoms with E-state index in [1.54, 1.807) is 6.07 Å². The molecule has 40 heavy (non-hydrogen) atoms. The molecule has 206 valence electrons. The number of carbonyl (C=O) groups excluding carboxylic acids is 1. The van der Waals surface area contributed by atoms with Gasteiger partial charge in [0.2, 0.25) is 5.91 Å². The summed E-state index contributed by atoms with van der Waals surface area (Å²) in [6, 6.07) is 20.5. The molecule has 0 unspecified atom stereocenters. The lowest BCUT2D eigenvalue weighted by molar-refractivity contribution is -0.139. The van der Waals surface area contributed by atoms with Gasteiger partial charge in [-0.15, -0.1) is 0 Å². The Balaban J connectivity index is 1.24. The molecule has 0 aliphatic carbocycles. The van der Waals surface area contributed by atoms with Crippen LogP contribution in [-0.2, 0) is 35.7 Å². The Kier molecular flexibility index (Phi) is 7.64. The zero-order valence-corrected chi connectivity index (χ0v) is 22.7. The van der Waals surface area contributed by atoms with Crippen LogP contribution in [0.4, 0.5) is 4.39 Å². The Hall–Kier alpha value is -3.97. The van der Waals surface area contributed by atoms with Crippen LogP contribution in [0.3, 0.4) is 0 Å². The Morgan fingerprint density at radius 2 is 1.85 bits per heavy atom. The average Bonchev–Trinajstić information content (AvgIpc) is 3.00. The number of benzene rings is 3. The standard InChI is InChI=1S/C33H33FN2O4/c1-22-30(35-29-11-10-26(34)18-27(29)32(22)40-20-23-6-3-2-4-7-23)21-39-31-9-5-8-24-12-15-36(19-28(24)31)33(37)25-13-16-38-17-14-25/h2-11,18,25H,12-17,19-21H2,1H3. The third kappa shape index (κ3) is 5.52. The van der Waals surface area contributed by atoms with Gasteiger partial charge >= 0.3 is 0 Å². The van der Waals surface area contributed by atoms with Crippen LogP contribution in [0.1, 0.15) is 40.8 Å². The highest BCUT2D eigenvalue weighted by atomic mass is 19.1. The molecule has 6 nitrogen and oxygen atoms in total. The van der Waals surface area contributed by atoms with E-state index in [4.69, 9.17) is 19.2 Å². The van der Waals surface area contributed by atoms with Gasteiger partial charge in [-0.25, -0.2) is 9.37 Å². The van der Waals surface area contributed by atoms with Gasteiger partial charge in [-0.2, -0.15) is 0 Å². The molecule has 0 radical (unpaired) electrons. The van der Waals surface area contributed by atoms with Crippen LogP contribution < -0.4 is 9.47 Å². The number of pyridine rings is 1. The Morgan fingerprint density at radius 3 is 2.67 bits per heavy atom. The van der Waals surface area contributed by atoms with E-state index in [9.17, 15) is 9.18 Å². The molecule has 1 fully saturated rings. The van der Waals surface area contributed by atoms with E-state index < -0.39 is 0 Å². The highest BCUT2D eigenvalue weighted by Gasteiger charge is 2.30. The fourth-order valence-corrected chi connectivity index (χ4v) is 5.63. The molecule has 0 saturated carbocycles. The Bertz CT molecular complexity index is 1520. The molecule has 1 aromatic heterocycles. The van der Waals surface area contributed by atoms with Crippen molar-refractivity contribution in [3.8, 4) is 11.5 Å². The summed E-state index contributed by atoms with van der Waals surface area (Å²) < 4.78 is 32.3. The van der Waals surface area contributed by atoms with Crippen molar-refractivity contribution in [3.63, 3.8) is 0 Å². The highest BCUT2D eigenvalue weighted by molar-refractivity contribution is 5.87.